The fraction of sp³-hybridized carbons (Fsp3) is 1.00. The van der Waals surface area contributed by atoms with Gasteiger partial charge in [0.15, 0.2) is 0 Å². The lowest BCUT2D eigenvalue weighted by Crippen LogP contribution is -2.57. The van der Waals surface area contributed by atoms with Gasteiger partial charge in [0.2, 0.25) is 0 Å². The van der Waals surface area contributed by atoms with Gasteiger partial charge in [-0.2, -0.15) is 0 Å². The molecule has 0 radical (unpaired) electrons. The van der Waals surface area contributed by atoms with Crippen molar-refractivity contribution in [3.63, 3.8) is 0 Å². The number of aliphatic hydroxyl groups is 1. The Morgan fingerprint density at radius 2 is 1.56 bits per heavy atom. The lowest BCUT2D eigenvalue weighted by Gasteiger charge is -2.61. The minimum atomic E-state index is -0.516. The number of hydrogen-bond acceptors (Lipinski definition) is 2. The topological polar surface area (TPSA) is 46.2 Å². The maximum atomic E-state index is 10.8. The van der Waals surface area contributed by atoms with Crippen molar-refractivity contribution in [2.75, 3.05) is 6.54 Å². The van der Waals surface area contributed by atoms with Crippen LogP contribution in [0.15, 0.2) is 0 Å². The molecule has 0 aliphatic heterocycles. The second kappa shape index (κ2) is 3.46. The van der Waals surface area contributed by atoms with Crippen LogP contribution in [0.1, 0.15) is 51.9 Å². The molecular weight excluding hydrogens is 198 g/mol. The van der Waals surface area contributed by atoms with E-state index in [0.717, 1.165) is 24.2 Å². The van der Waals surface area contributed by atoms with Gasteiger partial charge >= 0.3 is 0 Å². The molecule has 0 aromatic heterocycles. The van der Waals surface area contributed by atoms with Crippen molar-refractivity contribution in [2.45, 2.75) is 57.5 Å². The van der Waals surface area contributed by atoms with E-state index in [1.807, 2.05) is 6.92 Å². The molecule has 0 aromatic rings. The Morgan fingerprint density at radius 1 is 1.12 bits per heavy atom. The van der Waals surface area contributed by atoms with Gasteiger partial charge in [0.1, 0.15) is 0 Å². The third-order valence-corrected chi connectivity index (χ3v) is 5.81. The fourth-order valence-corrected chi connectivity index (χ4v) is 5.32. The van der Waals surface area contributed by atoms with Gasteiger partial charge in [-0.15, -0.1) is 0 Å². The predicted octanol–water partition coefficient (Wildman–Crippen LogP) is 2.30. The highest BCUT2D eigenvalue weighted by Crippen LogP contribution is 2.64. The van der Waals surface area contributed by atoms with Crippen LogP contribution in [0.25, 0.3) is 0 Å². The average Bonchev–Trinajstić information content (AvgIpc) is 2.14. The van der Waals surface area contributed by atoms with Crippen molar-refractivity contribution in [1.29, 1.82) is 0 Å². The standard InChI is InChI=1S/C14H25NO/c1-13(16,2-3-15)14-7-10-4-11(8-14)6-12(5-10)9-14/h10-12,16H,2-9,15H2,1H3. The van der Waals surface area contributed by atoms with E-state index < -0.39 is 5.60 Å². The molecule has 92 valence electrons. The van der Waals surface area contributed by atoms with E-state index in [0.29, 0.717) is 6.54 Å². The van der Waals surface area contributed by atoms with Crippen molar-refractivity contribution >= 4 is 0 Å². The molecule has 2 heteroatoms. The van der Waals surface area contributed by atoms with Crippen molar-refractivity contribution in [3.8, 4) is 0 Å². The quantitative estimate of drug-likeness (QED) is 0.771. The van der Waals surface area contributed by atoms with Crippen LogP contribution in [-0.2, 0) is 0 Å². The van der Waals surface area contributed by atoms with Gasteiger partial charge in [-0.1, -0.05) is 0 Å². The molecule has 0 aromatic carbocycles. The van der Waals surface area contributed by atoms with Crippen LogP contribution in [0, 0.1) is 23.2 Å². The highest BCUT2D eigenvalue weighted by Gasteiger charge is 2.57. The maximum absolute atomic E-state index is 10.8. The second-order valence-electron chi connectivity index (χ2n) is 7.01. The molecule has 4 aliphatic rings. The van der Waals surface area contributed by atoms with E-state index in [1.165, 1.54) is 38.5 Å². The first-order chi connectivity index (χ1) is 7.55. The molecule has 0 saturated heterocycles. The summed E-state index contributed by atoms with van der Waals surface area (Å²) in [6.07, 6.45) is 8.91. The molecule has 0 amide bonds. The fourth-order valence-electron chi connectivity index (χ4n) is 5.32. The van der Waals surface area contributed by atoms with Gasteiger partial charge in [-0.25, -0.2) is 0 Å². The molecule has 0 heterocycles. The van der Waals surface area contributed by atoms with Gasteiger partial charge in [-0.05, 0) is 81.6 Å². The van der Waals surface area contributed by atoms with Crippen LogP contribution in [0.4, 0.5) is 0 Å². The van der Waals surface area contributed by atoms with Crippen molar-refractivity contribution in [2.24, 2.45) is 28.9 Å². The smallest absolute Gasteiger partial charge is 0.0688 e. The zero-order valence-electron chi connectivity index (χ0n) is 10.4. The summed E-state index contributed by atoms with van der Waals surface area (Å²) < 4.78 is 0. The summed E-state index contributed by atoms with van der Waals surface area (Å²) in [7, 11) is 0. The molecule has 3 N–H and O–H groups in total. The molecular formula is C14H25NO. The predicted molar refractivity (Wildman–Crippen MR) is 64.9 cm³/mol. The lowest BCUT2D eigenvalue weighted by atomic mass is 9.45. The zero-order chi connectivity index (χ0) is 11.4. The average molecular weight is 223 g/mol. The Balaban J connectivity index is 1.88. The summed E-state index contributed by atoms with van der Waals surface area (Å²) in [6.45, 7) is 2.67. The maximum Gasteiger partial charge on any atom is 0.0688 e. The lowest BCUT2D eigenvalue weighted by molar-refractivity contribution is -0.172. The van der Waals surface area contributed by atoms with Crippen LogP contribution in [0.2, 0.25) is 0 Å². The highest BCUT2D eigenvalue weighted by atomic mass is 16.3. The molecule has 1 unspecified atom stereocenters. The third-order valence-electron chi connectivity index (χ3n) is 5.81. The van der Waals surface area contributed by atoms with E-state index >= 15 is 0 Å². The number of hydrogen-bond donors (Lipinski definition) is 2. The van der Waals surface area contributed by atoms with Crippen LogP contribution in [-0.4, -0.2) is 17.3 Å². The number of rotatable bonds is 3. The Bertz CT molecular complexity index is 249. The first-order valence-electron chi connectivity index (χ1n) is 6.97. The van der Waals surface area contributed by atoms with Gasteiger partial charge in [0.05, 0.1) is 5.60 Å². The minimum absolute atomic E-state index is 0.223. The second-order valence-corrected chi connectivity index (χ2v) is 7.01. The van der Waals surface area contributed by atoms with Crippen molar-refractivity contribution < 1.29 is 5.11 Å². The largest absolute Gasteiger partial charge is 0.390 e. The summed E-state index contributed by atoms with van der Waals surface area (Å²) in [4.78, 5) is 0. The van der Waals surface area contributed by atoms with Crippen LogP contribution < -0.4 is 5.73 Å². The van der Waals surface area contributed by atoms with Crippen molar-refractivity contribution in [1.82, 2.24) is 0 Å². The van der Waals surface area contributed by atoms with Crippen LogP contribution in [0.3, 0.4) is 0 Å². The molecule has 4 saturated carbocycles. The first kappa shape index (κ1) is 11.0. The van der Waals surface area contributed by atoms with Gasteiger partial charge in [0.25, 0.3) is 0 Å². The van der Waals surface area contributed by atoms with E-state index in [1.54, 1.807) is 0 Å². The molecule has 4 fully saturated rings. The van der Waals surface area contributed by atoms with Gasteiger partial charge in [0, 0.05) is 0 Å². The highest BCUT2D eigenvalue weighted by molar-refractivity contribution is 5.08. The summed E-state index contributed by atoms with van der Waals surface area (Å²) in [5, 5.41) is 10.8. The first-order valence-corrected chi connectivity index (χ1v) is 6.97. The molecule has 4 bridgehead atoms. The van der Waals surface area contributed by atoms with Crippen LogP contribution >= 0.6 is 0 Å². The normalized spacial score (nSPS) is 49.3. The Kier molecular flexibility index (Phi) is 2.38. The minimum Gasteiger partial charge on any atom is -0.390 e. The molecule has 4 rings (SSSR count). The Morgan fingerprint density at radius 3 is 1.94 bits per heavy atom. The summed E-state index contributed by atoms with van der Waals surface area (Å²) >= 11 is 0. The zero-order valence-corrected chi connectivity index (χ0v) is 10.4. The van der Waals surface area contributed by atoms with E-state index in [9.17, 15) is 5.11 Å². The SMILES string of the molecule is CC(O)(CCN)C12CC3CC(CC(C3)C1)C2. The summed E-state index contributed by atoms with van der Waals surface area (Å²) in [5.74, 6) is 2.74. The summed E-state index contributed by atoms with van der Waals surface area (Å²) in [6, 6.07) is 0. The Hall–Kier alpha value is -0.0800. The molecule has 16 heavy (non-hydrogen) atoms. The molecule has 0 spiro atoms. The van der Waals surface area contributed by atoms with Crippen LogP contribution in [0.5, 0.6) is 0 Å². The monoisotopic (exact) mass is 223 g/mol. The van der Waals surface area contributed by atoms with E-state index in [2.05, 4.69) is 0 Å². The van der Waals surface area contributed by atoms with E-state index in [-0.39, 0.29) is 5.41 Å². The van der Waals surface area contributed by atoms with Gasteiger partial charge < -0.3 is 10.8 Å². The molecule has 1 atom stereocenters. The number of nitrogens with two attached hydrogens (primary N) is 1. The molecule has 4 aliphatic carbocycles. The third kappa shape index (κ3) is 1.46. The Labute approximate surface area is 98.6 Å². The van der Waals surface area contributed by atoms with E-state index in [4.69, 9.17) is 5.73 Å². The van der Waals surface area contributed by atoms with Crippen molar-refractivity contribution in [3.05, 3.63) is 0 Å². The molecule has 2 nitrogen and oxygen atoms in total. The van der Waals surface area contributed by atoms with Gasteiger partial charge in [-0.3, -0.25) is 0 Å². The summed E-state index contributed by atoms with van der Waals surface area (Å²) in [5.41, 5.74) is 5.38.